The Morgan fingerprint density at radius 2 is 1.91 bits per heavy atom. The first kappa shape index (κ1) is 16.8. The van der Waals surface area contributed by atoms with Gasteiger partial charge in [0.15, 0.2) is 0 Å². The lowest BCUT2D eigenvalue weighted by Gasteiger charge is -2.28. The summed E-state index contributed by atoms with van der Waals surface area (Å²) in [5.41, 5.74) is 2.48. The molecule has 3 N–H and O–H groups in total. The van der Waals surface area contributed by atoms with E-state index in [-0.39, 0.29) is 24.7 Å². The number of carbonyl (C=O) groups excluding carboxylic acids is 1. The highest BCUT2D eigenvalue weighted by Crippen LogP contribution is 2.24. The van der Waals surface area contributed by atoms with Crippen LogP contribution in [0, 0.1) is 6.92 Å². The van der Waals surface area contributed by atoms with Crippen LogP contribution in [-0.4, -0.2) is 48.3 Å². The minimum Gasteiger partial charge on any atom is -0.394 e. The summed E-state index contributed by atoms with van der Waals surface area (Å²) in [5.74, 6) is 0. The molecule has 1 saturated heterocycles. The molecule has 1 aliphatic heterocycles. The summed E-state index contributed by atoms with van der Waals surface area (Å²) in [5, 5.41) is 14.6. The summed E-state index contributed by atoms with van der Waals surface area (Å²) in [6.07, 6.45) is 2.44. The molecule has 1 aliphatic rings. The number of nitrogens with one attached hydrogen (secondary N) is 2. The fourth-order valence-corrected chi connectivity index (χ4v) is 2.81. The highest BCUT2D eigenvalue weighted by Gasteiger charge is 2.24. The Labute approximate surface area is 132 Å². The molecular weight excluding hydrogens is 278 g/mol. The van der Waals surface area contributed by atoms with E-state index in [1.165, 1.54) is 24.0 Å². The van der Waals surface area contributed by atoms with E-state index < -0.39 is 0 Å². The SMILES string of the molecule is Cc1ccc(C(CNC(=O)NC(C)CO)N2CCCC2)cc1. The predicted molar refractivity (Wildman–Crippen MR) is 87.8 cm³/mol. The number of nitrogens with zero attached hydrogens (tertiary/aromatic N) is 1. The Kier molecular flexibility index (Phi) is 6.21. The number of amides is 2. The normalized spacial score (nSPS) is 18.0. The number of aryl methyl sites for hydroxylation is 1. The molecule has 0 radical (unpaired) electrons. The lowest BCUT2D eigenvalue weighted by atomic mass is 10.0. The Morgan fingerprint density at radius 1 is 1.27 bits per heavy atom. The summed E-state index contributed by atoms with van der Waals surface area (Å²) >= 11 is 0. The van der Waals surface area contributed by atoms with E-state index in [2.05, 4.69) is 46.7 Å². The molecule has 0 aromatic heterocycles. The summed E-state index contributed by atoms with van der Waals surface area (Å²) in [7, 11) is 0. The maximum atomic E-state index is 11.9. The van der Waals surface area contributed by atoms with Crippen LogP contribution in [0.3, 0.4) is 0 Å². The number of carbonyl (C=O) groups is 1. The average molecular weight is 305 g/mol. The Morgan fingerprint density at radius 3 is 2.50 bits per heavy atom. The molecule has 0 spiro atoms. The first-order valence-electron chi connectivity index (χ1n) is 8.06. The molecule has 2 unspecified atom stereocenters. The quantitative estimate of drug-likeness (QED) is 0.751. The van der Waals surface area contributed by atoms with Gasteiger partial charge in [-0.3, -0.25) is 4.90 Å². The van der Waals surface area contributed by atoms with Gasteiger partial charge in [0, 0.05) is 6.54 Å². The third kappa shape index (κ3) is 4.71. The molecule has 0 bridgehead atoms. The van der Waals surface area contributed by atoms with Gasteiger partial charge in [0.25, 0.3) is 0 Å². The van der Waals surface area contributed by atoms with Gasteiger partial charge in [-0.2, -0.15) is 0 Å². The zero-order valence-corrected chi connectivity index (χ0v) is 13.5. The zero-order chi connectivity index (χ0) is 15.9. The van der Waals surface area contributed by atoms with Crippen molar-refractivity contribution in [3.05, 3.63) is 35.4 Å². The zero-order valence-electron chi connectivity index (χ0n) is 13.5. The second-order valence-corrected chi connectivity index (χ2v) is 6.11. The van der Waals surface area contributed by atoms with E-state index in [4.69, 9.17) is 5.11 Å². The van der Waals surface area contributed by atoms with E-state index in [0.29, 0.717) is 6.54 Å². The number of hydrogen-bond acceptors (Lipinski definition) is 3. The third-order valence-electron chi connectivity index (χ3n) is 4.15. The summed E-state index contributed by atoms with van der Waals surface area (Å²) in [6.45, 7) is 6.53. The molecule has 1 aromatic rings. The minimum atomic E-state index is -0.232. The maximum Gasteiger partial charge on any atom is 0.315 e. The summed E-state index contributed by atoms with van der Waals surface area (Å²) in [6, 6.07) is 8.28. The van der Waals surface area contributed by atoms with Crippen LogP contribution in [0.2, 0.25) is 0 Å². The van der Waals surface area contributed by atoms with Crippen molar-refractivity contribution in [2.24, 2.45) is 0 Å². The van der Waals surface area contributed by atoms with Crippen LogP contribution in [0.15, 0.2) is 24.3 Å². The van der Waals surface area contributed by atoms with Crippen molar-refractivity contribution >= 4 is 6.03 Å². The van der Waals surface area contributed by atoms with Crippen molar-refractivity contribution in [1.29, 1.82) is 0 Å². The van der Waals surface area contributed by atoms with Crippen molar-refractivity contribution in [2.75, 3.05) is 26.2 Å². The van der Waals surface area contributed by atoms with Gasteiger partial charge >= 0.3 is 6.03 Å². The lowest BCUT2D eigenvalue weighted by molar-refractivity contribution is 0.209. The van der Waals surface area contributed by atoms with E-state index in [1.807, 2.05) is 0 Å². The Bertz CT molecular complexity index is 469. The standard InChI is InChI=1S/C17H27N3O2/c1-13-5-7-15(8-6-13)16(20-9-3-4-10-20)11-18-17(22)19-14(2)12-21/h5-8,14,16,21H,3-4,9-12H2,1-2H3,(H2,18,19,22). The molecule has 0 saturated carbocycles. The number of benzene rings is 1. The van der Waals surface area contributed by atoms with Crippen molar-refractivity contribution in [1.82, 2.24) is 15.5 Å². The summed E-state index contributed by atoms with van der Waals surface area (Å²) in [4.78, 5) is 14.3. The van der Waals surface area contributed by atoms with Crippen LogP contribution in [0.25, 0.3) is 0 Å². The smallest absolute Gasteiger partial charge is 0.315 e. The fourth-order valence-electron chi connectivity index (χ4n) is 2.81. The van der Waals surface area contributed by atoms with Gasteiger partial charge in [-0.1, -0.05) is 29.8 Å². The van der Waals surface area contributed by atoms with E-state index in [9.17, 15) is 4.79 Å². The van der Waals surface area contributed by atoms with Gasteiger partial charge in [0.1, 0.15) is 0 Å². The van der Waals surface area contributed by atoms with Crippen molar-refractivity contribution in [2.45, 2.75) is 38.8 Å². The third-order valence-corrected chi connectivity index (χ3v) is 4.15. The van der Waals surface area contributed by atoms with Gasteiger partial charge in [0.2, 0.25) is 0 Å². The minimum absolute atomic E-state index is 0.0546. The molecule has 2 rings (SSSR count). The molecule has 1 heterocycles. The predicted octanol–water partition coefficient (Wildman–Crippen LogP) is 1.81. The van der Waals surface area contributed by atoms with Crippen LogP contribution < -0.4 is 10.6 Å². The number of rotatable bonds is 6. The Balaban J connectivity index is 1.99. The van der Waals surface area contributed by atoms with Crippen LogP contribution in [0.5, 0.6) is 0 Å². The first-order chi connectivity index (χ1) is 10.6. The van der Waals surface area contributed by atoms with E-state index in [1.54, 1.807) is 6.92 Å². The molecule has 1 fully saturated rings. The van der Waals surface area contributed by atoms with Crippen molar-refractivity contribution < 1.29 is 9.90 Å². The highest BCUT2D eigenvalue weighted by atomic mass is 16.3. The van der Waals surface area contributed by atoms with Crippen LogP contribution in [0.4, 0.5) is 4.79 Å². The largest absolute Gasteiger partial charge is 0.394 e. The first-order valence-corrected chi connectivity index (χ1v) is 8.06. The van der Waals surface area contributed by atoms with Gasteiger partial charge in [-0.05, 0) is 45.3 Å². The summed E-state index contributed by atoms with van der Waals surface area (Å²) < 4.78 is 0. The Hall–Kier alpha value is -1.59. The monoisotopic (exact) mass is 305 g/mol. The van der Waals surface area contributed by atoms with E-state index >= 15 is 0 Å². The maximum absolute atomic E-state index is 11.9. The van der Waals surface area contributed by atoms with Gasteiger partial charge in [0.05, 0.1) is 18.7 Å². The van der Waals surface area contributed by atoms with Gasteiger partial charge in [-0.25, -0.2) is 4.79 Å². The molecule has 22 heavy (non-hydrogen) atoms. The van der Waals surface area contributed by atoms with Crippen molar-refractivity contribution in [3.8, 4) is 0 Å². The van der Waals surface area contributed by atoms with Gasteiger partial charge < -0.3 is 15.7 Å². The molecule has 2 atom stereocenters. The molecule has 1 aromatic carbocycles. The highest BCUT2D eigenvalue weighted by molar-refractivity contribution is 5.74. The molecule has 5 nitrogen and oxygen atoms in total. The number of aliphatic hydroxyl groups is 1. The van der Waals surface area contributed by atoms with Crippen molar-refractivity contribution in [3.63, 3.8) is 0 Å². The number of aliphatic hydroxyl groups excluding tert-OH is 1. The number of likely N-dealkylation sites (tertiary alicyclic amines) is 1. The average Bonchev–Trinajstić information content (AvgIpc) is 3.03. The van der Waals surface area contributed by atoms with Crippen LogP contribution in [-0.2, 0) is 0 Å². The van der Waals surface area contributed by atoms with Gasteiger partial charge in [-0.15, -0.1) is 0 Å². The molecule has 2 amide bonds. The van der Waals surface area contributed by atoms with Crippen LogP contribution in [0.1, 0.15) is 36.9 Å². The molecule has 0 aliphatic carbocycles. The molecule has 122 valence electrons. The second-order valence-electron chi connectivity index (χ2n) is 6.11. The van der Waals surface area contributed by atoms with Crippen LogP contribution >= 0.6 is 0 Å². The topological polar surface area (TPSA) is 64.6 Å². The number of urea groups is 1. The van der Waals surface area contributed by atoms with E-state index in [0.717, 1.165) is 13.1 Å². The molecule has 5 heteroatoms. The second kappa shape index (κ2) is 8.15. The number of hydrogen-bond donors (Lipinski definition) is 3. The molecular formula is C17H27N3O2. The lowest BCUT2D eigenvalue weighted by Crippen LogP contribution is -2.45. The fraction of sp³-hybridized carbons (Fsp3) is 0.588.